The van der Waals surface area contributed by atoms with E-state index in [-0.39, 0.29) is 120 Å². The molecular weight excluding hydrogens is 1280 g/mol. The predicted octanol–water partition coefficient (Wildman–Crippen LogP) is -2.50. The maximum Gasteiger partial charge on any atom is 0.246 e. The number of benzene rings is 1. The van der Waals surface area contributed by atoms with Crippen molar-refractivity contribution >= 4 is 76.8 Å². The highest BCUT2D eigenvalue weighted by molar-refractivity contribution is 6.00. The lowest BCUT2D eigenvalue weighted by molar-refractivity contribution is -0.149. The molecule has 13 amide bonds. The molecule has 12 atom stereocenters. The summed E-state index contributed by atoms with van der Waals surface area (Å²) in [6.07, 6.45) is 6.40. The van der Waals surface area contributed by atoms with E-state index in [1.165, 1.54) is 51.2 Å². The Morgan fingerprint density at radius 3 is 1.37 bits per heavy atom. The van der Waals surface area contributed by atoms with Crippen LogP contribution in [0.15, 0.2) is 36.8 Å². The maximum absolute atomic E-state index is 15.0. The summed E-state index contributed by atoms with van der Waals surface area (Å²) in [7, 11) is 0. The number of rotatable bonds is 36. The minimum Gasteiger partial charge on any atom is -0.508 e. The minimum absolute atomic E-state index is 0.000967. The van der Waals surface area contributed by atoms with Gasteiger partial charge in [-0.2, -0.15) is 0 Å². The number of likely N-dealkylation sites (tertiary alicyclic amines) is 4. The lowest BCUT2D eigenvalue weighted by atomic mass is 10.0. The number of hydrogen-bond acceptors (Lipinski definition) is 18. The summed E-state index contributed by atoms with van der Waals surface area (Å²) in [5, 5.41) is 51.8. The fourth-order valence-corrected chi connectivity index (χ4v) is 13.3. The molecule has 4 aliphatic heterocycles. The summed E-state index contributed by atoms with van der Waals surface area (Å²) in [5.41, 5.74) is 12.3. The van der Waals surface area contributed by atoms with E-state index < -0.39 is 163 Å². The van der Waals surface area contributed by atoms with Crippen molar-refractivity contribution in [2.24, 2.45) is 29.2 Å². The summed E-state index contributed by atoms with van der Waals surface area (Å²) in [5.74, 6) is -9.43. The number of unbranched alkanes of at least 4 members (excludes halogenated alkanes) is 1. The zero-order valence-electron chi connectivity index (χ0n) is 57.9. The third-order valence-corrected chi connectivity index (χ3v) is 18.2. The Morgan fingerprint density at radius 2 is 0.909 bits per heavy atom. The second-order valence-corrected chi connectivity index (χ2v) is 27.5. The number of phenols is 1. The number of primary amides is 1. The number of aromatic hydroxyl groups is 1. The lowest BCUT2D eigenvalue weighted by Crippen LogP contribution is -2.61. The Morgan fingerprint density at radius 1 is 0.505 bits per heavy atom. The van der Waals surface area contributed by atoms with Crippen LogP contribution in [0.5, 0.6) is 5.75 Å². The number of imidazole rings is 1. The van der Waals surface area contributed by atoms with Gasteiger partial charge in [-0.1, -0.05) is 53.7 Å². The molecule has 0 saturated carbocycles. The predicted molar refractivity (Wildman–Crippen MR) is 359 cm³/mol. The highest BCUT2D eigenvalue weighted by atomic mass is 16.3. The average molecular weight is 1390 g/mol. The number of aromatic amines is 1. The third-order valence-electron chi connectivity index (χ3n) is 18.2. The fourth-order valence-electron chi connectivity index (χ4n) is 13.3. The molecule has 0 unspecified atom stereocenters. The van der Waals surface area contributed by atoms with Crippen LogP contribution in [-0.2, 0) is 75.2 Å². The molecule has 0 radical (unpaired) electrons. The van der Waals surface area contributed by atoms with Crippen LogP contribution in [0.25, 0.3) is 0 Å². The summed E-state index contributed by atoms with van der Waals surface area (Å²) < 4.78 is 0. The molecule has 16 N–H and O–H groups in total. The number of carbonyl (C=O) groups is 13. The number of hydrogen-bond donors (Lipinski definition) is 14. The van der Waals surface area contributed by atoms with Crippen LogP contribution in [0, 0.1) is 17.8 Å². The number of aliphatic hydroxyl groups excluding tert-OH is 2. The second-order valence-electron chi connectivity index (χ2n) is 27.5. The third kappa shape index (κ3) is 22.6. The molecule has 0 bridgehead atoms. The molecule has 6 rings (SSSR count). The topological polar surface area (TPSA) is 473 Å². The van der Waals surface area contributed by atoms with Gasteiger partial charge in [0.25, 0.3) is 0 Å². The number of aliphatic hydroxyl groups is 2. The van der Waals surface area contributed by atoms with Crippen molar-refractivity contribution in [3.63, 3.8) is 0 Å². The van der Waals surface area contributed by atoms with E-state index in [1.54, 1.807) is 12.1 Å². The molecule has 32 heteroatoms. The van der Waals surface area contributed by atoms with Crippen molar-refractivity contribution in [2.45, 2.75) is 224 Å². The summed E-state index contributed by atoms with van der Waals surface area (Å²) >= 11 is 0. The second kappa shape index (κ2) is 38.0. The van der Waals surface area contributed by atoms with Gasteiger partial charge >= 0.3 is 0 Å². The largest absolute Gasteiger partial charge is 0.508 e. The molecule has 548 valence electrons. The Bertz CT molecular complexity index is 3130. The molecule has 0 aliphatic carbocycles. The van der Waals surface area contributed by atoms with E-state index in [1.807, 2.05) is 41.5 Å². The van der Waals surface area contributed by atoms with Gasteiger partial charge in [-0.25, -0.2) is 4.98 Å². The minimum atomic E-state index is -1.60. The zero-order chi connectivity index (χ0) is 72.8. The van der Waals surface area contributed by atoms with Crippen LogP contribution >= 0.6 is 0 Å². The first kappa shape index (κ1) is 79.2. The maximum atomic E-state index is 15.0. The smallest absolute Gasteiger partial charge is 0.246 e. The van der Waals surface area contributed by atoms with E-state index in [0.717, 1.165) is 0 Å². The lowest BCUT2D eigenvalue weighted by Gasteiger charge is -2.35. The zero-order valence-corrected chi connectivity index (χ0v) is 57.9. The van der Waals surface area contributed by atoms with Crippen LogP contribution in [0.1, 0.15) is 150 Å². The van der Waals surface area contributed by atoms with Gasteiger partial charge in [0.2, 0.25) is 76.8 Å². The first-order chi connectivity index (χ1) is 47.0. The standard InChI is InChI=1S/C67H104N16O16/c1-37(2)28-45(56(69)88)74-60(92)51(35-85)79-63(95)53-16-11-24-80(53)64(96)47(29-38(3)4)76-62(94)54-17-12-26-82(54)67(99)55-18-13-27-83(55)65(97)48(30-39(5)6)77-61(93)52-15-10-25-81(52)66(98)49(31-41-19-21-43(87)22-20-41)75-57(89)44(14-8-9-23-68)73-59(91)50(34-84)78-58(90)46(72-40(7)86)32-42-33-70-36-71-42/h19-22,33,36-39,44-55,84-85,87H,8-18,23-32,34-35,68H2,1-7H3,(H2,69,88)(H,70,71)(H,72,86)(H,73,91)(H,74,92)(H,75,89)(H,76,94)(H,77,93)(H,78,90)(H,79,95)/t44-,45-,46-,47-,48-,49-,50-,51-,52-,53-,54-,55-/m0/s1. The van der Waals surface area contributed by atoms with Crippen molar-refractivity contribution in [3.05, 3.63) is 48.0 Å². The quantitative estimate of drug-likeness (QED) is 0.0314. The van der Waals surface area contributed by atoms with Gasteiger partial charge in [-0.05, 0) is 132 Å². The molecule has 4 fully saturated rings. The number of nitrogens with two attached hydrogens (primary N) is 2. The number of carbonyl (C=O) groups excluding carboxylic acids is 13. The summed E-state index contributed by atoms with van der Waals surface area (Å²) in [6.45, 7) is 11.3. The molecule has 2 aromatic rings. The Balaban J connectivity index is 1.14. The molecule has 4 saturated heterocycles. The fraction of sp³-hybridized carbons (Fsp3) is 0.672. The summed E-state index contributed by atoms with van der Waals surface area (Å²) in [4.78, 5) is 194. The van der Waals surface area contributed by atoms with E-state index in [2.05, 4.69) is 52.5 Å². The number of nitrogens with zero attached hydrogens (tertiary/aromatic N) is 5. The van der Waals surface area contributed by atoms with Crippen LogP contribution in [-0.4, -0.2) is 240 Å². The summed E-state index contributed by atoms with van der Waals surface area (Å²) in [6, 6.07) is -8.74. The van der Waals surface area contributed by atoms with Crippen molar-refractivity contribution < 1.29 is 77.6 Å². The normalized spacial score (nSPS) is 20.1. The number of aromatic nitrogens is 2. The van der Waals surface area contributed by atoms with Crippen molar-refractivity contribution in [1.82, 2.24) is 72.1 Å². The molecule has 0 spiro atoms. The van der Waals surface area contributed by atoms with Gasteiger partial charge in [0, 0.05) is 57.8 Å². The van der Waals surface area contributed by atoms with Gasteiger partial charge < -0.3 is 93.9 Å². The van der Waals surface area contributed by atoms with Crippen LogP contribution in [0.4, 0.5) is 0 Å². The highest BCUT2D eigenvalue weighted by Crippen LogP contribution is 2.29. The number of nitrogens with one attached hydrogen (secondary N) is 9. The van der Waals surface area contributed by atoms with Gasteiger partial charge in [-0.3, -0.25) is 62.3 Å². The van der Waals surface area contributed by atoms with Crippen molar-refractivity contribution in [2.75, 3.05) is 45.9 Å². The van der Waals surface area contributed by atoms with E-state index in [4.69, 9.17) is 11.5 Å². The Labute approximate surface area is 577 Å². The van der Waals surface area contributed by atoms with Crippen LogP contribution in [0.3, 0.4) is 0 Å². The molecule has 1 aromatic carbocycles. The van der Waals surface area contributed by atoms with E-state index in [9.17, 15) is 72.9 Å². The van der Waals surface area contributed by atoms with Crippen molar-refractivity contribution in [3.8, 4) is 5.75 Å². The first-order valence-electron chi connectivity index (χ1n) is 34.6. The average Bonchev–Trinajstić information content (AvgIpc) is 1.81. The van der Waals surface area contributed by atoms with E-state index in [0.29, 0.717) is 49.8 Å². The van der Waals surface area contributed by atoms with Crippen LogP contribution in [0.2, 0.25) is 0 Å². The molecule has 4 aliphatic rings. The van der Waals surface area contributed by atoms with Gasteiger partial charge in [-0.15, -0.1) is 0 Å². The molecule has 32 nitrogen and oxygen atoms in total. The SMILES string of the molecule is CC(=O)N[C@@H](Cc1cnc[nH]1)C(=O)N[C@@H](CO)C(=O)N[C@@H](CCCCN)C(=O)N[C@@H](Cc1ccc(O)cc1)C(=O)N1CCC[C@H]1C(=O)N[C@@H](CC(C)C)C(=O)N1CCC[C@H]1C(=O)N1CCC[C@H]1C(=O)N[C@@H](CC(C)C)C(=O)N1CCC[C@H]1C(=O)N[C@@H](CO)C(=O)N[C@@H](CC(C)C)C(N)=O. The Kier molecular flexibility index (Phi) is 30.4. The first-order valence-corrected chi connectivity index (χ1v) is 34.6. The Hall–Kier alpha value is -8.78. The van der Waals surface area contributed by atoms with Gasteiger partial charge in [0.05, 0.1) is 19.5 Å². The van der Waals surface area contributed by atoms with E-state index >= 15 is 4.79 Å². The number of amides is 13. The number of H-pyrrole nitrogens is 1. The molecule has 1 aromatic heterocycles. The molecule has 99 heavy (non-hydrogen) atoms. The molecule has 5 heterocycles. The molecular formula is C67H104N16O16. The van der Waals surface area contributed by atoms with Gasteiger partial charge in [0.1, 0.15) is 78.3 Å². The highest BCUT2D eigenvalue weighted by Gasteiger charge is 2.47. The van der Waals surface area contributed by atoms with Crippen molar-refractivity contribution in [1.29, 1.82) is 0 Å². The monoisotopic (exact) mass is 1390 g/mol. The number of phenolic OH excluding ortho intramolecular Hbond substituents is 1. The van der Waals surface area contributed by atoms with Gasteiger partial charge in [0.15, 0.2) is 0 Å². The van der Waals surface area contributed by atoms with Crippen LogP contribution < -0.4 is 54.0 Å².